The SMILES string of the molecule is COC(=O)c1cc2cc([N+](=O)[O-])c(Br)cc2s1.O=Cc1cc([N+](=O)[O-])c(Br)cc1F. The molecule has 0 aliphatic rings. The molecule has 0 radical (unpaired) electrons. The van der Waals surface area contributed by atoms with Crippen LogP contribution in [0.2, 0.25) is 0 Å². The summed E-state index contributed by atoms with van der Waals surface area (Å²) in [6.45, 7) is 0. The molecule has 0 aliphatic carbocycles. The molecule has 156 valence electrons. The number of aldehydes is 1. The molecule has 0 amide bonds. The van der Waals surface area contributed by atoms with Crippen LogP contribution in [0.5, 0.6) is 0 Å². The molecular weight excluding hydrogens is 555 g/mol. The van der Waals surface area contributed by atoms with Crippen molar-refractivity contribution in [2.24, 2.45) is 0 Å². The van der Waals surface area contributed by atoms with Crippen molar-refractivity contribution < 1.29 is 28.6 Å². The molecule has 3 rings (SSSR count). The van der Waals surface area contributed by atoms with Gasteiger partial charge in [0.2, 0.25) is 0 Å². The van der Waals surface area contributed by atoms with Crippen LogP contribution >= 0.6 is 43.2 Å². The van der Waals surface area contributed by atoms with E-state index in [1.54, 1.807) is 12.1 Å². The number of methoxy groups -OCH3 is 1. The van der Waals surface area contributed by atoms with Crippen LogP contribution in [0.25, 0.3) is 10.1 Å². The van der Waals surface area contributed by atoms with E-state index in [2.05, 4.69) is 36.6 Å². The molecular formula is C17H9Br2FN2O7S. The average Bonchev–Trinajstić information content (AvgIpc) is 3.09. The number of hydrogen-bond donors (Lipinski definition) is 0. The Morgan fingerprint density at radius 3 is 2.17 bits per heavy atom. The second kappa shape index (κ2) is 9.82. The van der Waals surface area contributed by atoms with Crippen molar-refractivity contribution in [3.63, 3.8) is 0 Å². The molecule has 0 saturated heterocycles. The second-order valence-corrected chi connectivity index (χ2v) is 8.19. The summed E-state index contributed by atoms with van der Waals surface area (Å²) in [7, 11) is 1.30. The maximum Gasteiger partial charge on any atom is 0.348 e. The number of halogens is 3. The minimum absolute atomic E-state index is 0.0144. The first-order chi connectivity index (χ1) is 14.1. The molecule has 2 aromatic carbocycles. The maximum absolute atomic E-state index is 12.8. The van der Waals surface area contributed by atoms with Crippen LogP contribution in [-0.4, -0.2) is 29.2 Å². The Hall–Kier alpha value is -2.77. The first kappa shape index (κ1) is 23.5. The lowest BCUT2D eigenvalue weighted by Crippen LogP contribution is -1.96. The van der Waals surface area contributed by atoms with E-state index in [0.29, 0.717) is 14.7 Å². The van der Waals surface area contributed by atoms with E-state index in [4.69, 9.17) is 0 Å². The summed E-state index contributed by atoms with van der Waals surface area (Å²) in [6.07, 6.45) is 0.231. The number of nitrogens with zero attached hydrogens (tertiary/aromatic N) is 2. The molecule has 0 unspecified atom stereocenters. The lowest BCUT2D eigenvalue weighted by atomic mass is 10.2. The Kier molecular flexibility index (Phi) is 7.70. The van der Waals surface area contributed by atoms with Crippen LogP contribution in [0.15, 0.2) is 39.3 Å². The molecule has 30 heavy (non-hydrogen) atoms. The number of esters is 1. The summed E-state index contributed by atoms with van der Waals surface area (Å²) in [5.74, 6) is -1.22. The largest absolute Gasteiger partial charge is 0.465 e. The Balaban J connectivity index is 0.000000222. The van der Waals surface area contributed by atoms with Gasteiger partial charge in [0.05, 0.1) is 31.5 Å². The summed E-state index contributed by atoms with van der Waals surface area (Å²) in [4.78, 5) is 41.9. The van der Waals surface area contributed by atoms with E-state index in [0.717, 1.165) is 16.8 Å². The minimum atomic E-state index is -0.785. The summed E-state index contributed by atoms with van der Waals surface area (Å²) >= 11 is 7.18. The van der Waals surface area contributed by atoms with Crippen molar-refractivity contribution in [3.05, 3.63) is 75.8 Å². The number of nitro benzene ring substituents is 2. The molecule has 0 atom stereocenters. The van der Waals surface area contributed by atoms with Gasteiger partial charge >= 0.3 is 5.97 Å². The zero-order chi connectivity index (χ0) is 22.6. The number of fused-ring (bicyclic) bond motifs is 1. The molecule has 0 saturated carbocycles. The number of rotatable bonds is 4. The third-order valence-corrected chi connectivity index (χ3v) is 5.91. The number of ether oxygens (including phenoxy) is 1. The van der Waals surface area contributed by atoms with Gasteiger partial charge in [-0.05, 0) is 50.1 Å². The molecule has 0 fully saturated rings. The molecule has 1 aromatic heterocycles. The topological polar surface area (TPSA) is 130 Å². The standard InChI is InChI=1S/C10H6BrNO4S.C7H3BrFNO3/c1-16-10(13)9-3-5-2-7(12(14)15)6(11)4-8(5)17-9;8-5-2-6(9)4(3-11)1-7(5)10(12)13/h2-4H,1H3;1-3H. The number of hydrogen-bond acceptors (Lipinski definition) is 8. The van der Waals surface area contributed by atoms with Crippen LogP contribution in [-0.2, 0) is 4.74 Å². The quantitative estimate of drug-likeness (QED) is 0.173. The van der Waals surface area contributed by atoms with Gasteiger partial charge in [0.25, 0.3) is 11.4 Å². The zero-order valence-corrected chi connectivity index (χ0v) is 18.7. The predicted molar refractivity (Wildman–Crippen MR) is 114 cm³/mol. The highest BCUT2D eigenvalue weighted by molar-refractivity contribution is 9.11. The summed E-state index contributed by atoms with van der Waals surface area (Å²) < 4.78 is 18.6. The van der Waals surface area contributed by atoms with E-state index in [9.17, 15) is 34.2 Å². The van der Waals surface area contributed by atoms with Gasteiger partial charge in [0.1, 0.15) is 10.7 Å². The van der Waals surface area contributed by atoms with Crippen molar-refractivity contribution in [2.45, 2.75) is 0 Å². The highest BCUT2D eigenvalue weighted by Gasteiger charge is 2.17. The Morgan fingerprint density at radius 1 is 1.07 bits per heavy atom. The fourth-order valence-electron chi connectivity index (χ4n) is 2.18. The van der Waals surface area contributed by atoms with E-state index in [-0.39, 0.29) is 27.7 Å². The van der Waals surface area contributed by atoms with Gasteiger partial charge < -0.3 is 4.74 Å². The lowest BCUT2D eigenvalue weighted by Gasteiger charge is -1.97. The smallest absolute Gasteiger partial charge is 0.348 e. The van der Waals surface area contributed by atoms with E-state index >= 15 is 0 Å². The first-order valence-corrected chi connectivity index (χ1v) is 10.0. The van der Waals surface area contributed by atoms with Crippen molar-refractivity contribution in [1.29, 1.82) is 0 Å². The normalized spacial score (nSPS) is 10.1. The highest BCUT2D eigenvalue weighted by Crippen LogP contribution is 2.35. The molecule has 0 spiro atoms. The fraction of sp³-hybridized carbons (Fsp3) is 0.0588. The van der Waals surface area contributed by atoms with Crippen LogP contribution in [0.4, 0.5) is 15.8 Å². The van der Waals surface area contributed by atoms with Crippen LogP contribution in [0.3, 0.4) is 0 Å². The number of carbonyl (C=O) groups is 2. The number of nitro groups is 2. The Bertz CT molecular complexity index is 1180. The second-order valence-electron chi connectivity index (χ2n) is 5.40. The fourth-order valence-corrected chi connectivity index (χ4v) is 4.28. The maximum atomic E-state index is 12.8. The van der Waals surface area contributed by atoms with E-state index < -0.39 is 21.6 Å². The van der Waals surface area contributed by atoms with Gasteiger partial charge in [0.15, 0.2) is 6.29 Å². The van der Waals surface area contributed by atoms with Crippen molar-refractivity contribution in [1.82, 2.24) is 0 Å². The molecule has 0 aliphatic heterocycles. The molecule has 13 heteroatoms. The summed E-state index contributed by atoms with van der Waals surface area (Å²) in [5.41, 5.74) is -0.676. The predicted octanol–water partition coefficient (Wildman–Crippen LogP) is 5.67. The number of benzene rings is 2. The minimum Gasteiger partial charge on any atom is -0.465 e. The zero-order valence-electron chi connectivity index (χ0n) is 14.8. The van der Waals surface area contributed by atoms with Crippen molar-refractivity contribution in [3.8, 4) is 0 Å². The van der Waals surface area contributed by atoms with Gasteiger partial charge in [-0.3, -0.25) is 25.0 Å². The molecule has 0 bridgehead atoms. The Morgan fingerprint density at radius 2 is 1.63 bits per heavy atom. The number of thiophene rings is 1. The van der Waals surface area contributed by atoms with Crippen molar-refractivity contribution in [2.75, 3.05) is 7.11 Å². The lowest BCUT2D eigenvalue weighted by molar-refractivity contribution is -0.385. The third kappa shape index (κ3) is 5.23. The highest BCUT2D eigenvalue weighted by atomic mass is 79.9. The van der Waals surface area contributed by atoms with E-state index in [1.165, 1.54) is 24.5 Å². The molecule has 0 N–H and O–H groups in total. The van der Waals surface area contributed by atoms with Crippen LogP contribution < -0.4 is 0 Å². The van der Waals surface area contributed by atoms with Gasteiger partial charge in [-0.1, -0.05) is 0 Å². The summed E-state index contributed by atoms with van der Waals surface area (Å²) in [6, 6.07) is 6.42. The third-order valence-electron chi connectivity index (χ3n) is 3.56. The average molecular weight is 564 g/mol. The van der Waals surface area contributed by atoms with Gasteiger partial charge in [-0.2, -0.15) is 0 Å². The first-order valence-electron chi connectivity index (χ1n) is 7.63. The molecule has 1 heterocycles. The molecule has 9 nitrogen and oxygen atoms in total. The van der Waals surface area contributed by atoms with Crippen LogP contribution in [0, 0.1) is 26.0 Å². The van der Waals surface area contributed by atoms with Crippen molar-refractivity contribution >= 4 is 76.9 Å². The van der Waals surface area contributed by atoms with Crippen LogP contribution in [0.1, 0.15) is 20.0 Å². The number of carbonyl (C=O) groups excluding carboxylic acids is 2. The Labute approximate surface area is 188 Å². The summed E-state index contributed by atoms with van der Waals surface area (Å²) in [5, 5.41) is 21.7. The van der Waals surface area contributed by atoms with Gasteiger partial charge in [-0.25, -0.2) is 9.18 Å². The van der Waals surface area contributed by atoms with Gasteiger partial charge in [-0.15, -0.1) is 11.3 Å². The monoisotopic (exact) mass is 562 g/mol. The molecule has 3 aromatic rings. The van der Waals surface area contributed by atoms with E-state index in [1.807, 2.05) is 0 Å². The van der Waals surface area contributed by atoms with Gasteiger partial charge in [0, 0.05) is 22.2 Å².